The highest BCUT2D eigenvalue weighted by Crippen LogP contribution is 2.16. The van der Waals surface area contributed by atoms with Gasteiger partial charge in [0.1, 0.15) is 0 Å². The largest absolute Gasteiger partial charge is 0.273 e. The van der Waals surface area contributed by atoms with Crippen LogP contribution in [0.15, 0.2) is 42.7 Å². The van der Waals surface area contributed by atoms with Gasteiger partial charge in [-0.05, 0) is 36.8 Å². The minimum absolute atomic E-state index is 0.476. The molecule has 0 amide bonds. The standard InChI is InChI=1S/C15H19ClN2/c1-2-18-12-15(11-17-18)9-14(10-16)8-13-6-4-3-5-7-13/h3-7,11-12,14H,2,8-10H2,1H3. The first-order valence-corrected chi connectivity index (χ1v) is 6.96. The van der Waals surface area contributed by atoms with Crippen LogP contribution in [0.1, 0.15) is 18.1 Å². The minimum Gasteiger partial charge on any atom is -0.273 e. The fourth-order valence-electron chi connectivity index (χ4n) is 2.15. The average Bonchev–Trinajstić information content (AvgIpc) is 2.87. The number of aromatic nitrogens is 2. The highest BCUT2D eigenvalue weighted by atomic mass is 35.5. The zero-order chi connectivity index (χ0) is 12.8. The third-order valence-corrected chi connectivity index (χ3v) is 3.56. The third kappa shape index (κ3) is 3.61. The lowest BCUT2D eigenvalue weighted by Crippen LogP contribution is -2.09. The predicted octanol–water partition coefficient (Wildman–Crippen LogP) is 3.54. The van der Waals surface area contributed by atoms with Crippen LogP contribution in [0.4, 0.5) is 0 Å². The molecule has 0 saturated carbocycles. The molecule has 3 heteroatoms. The topological polar surface area (TPSA) is 17.8 Å². The van der Waals surface area contributed by atoms with Crippen molar-refractivity contribution in [1.82, 2.24) is 9.78 Å². The van der Waals surface area contributed by atoms with Crippen LogP contribution < -0.4 is 0 Å². The van der Waals surface area contributed by atoms with Gasteiger partial charge in [-0.15, -0.1) is 11.6 Å². The van der Waals surface area contributed by atoms with Gasteiger partial charge in [0.2, 0.25) is 0 Å². The maximum absolute atomic E-state index is 6.08. The summed E-state index contributed by atoms with van der Waals surface area (Å²) in [6.45, 7) is 3.02. The van der Waals surface area contributed by atoms with Gasteiger partial charge in [0.15, 0.2) is 0 Å². The van der Waals surface area contributed by atoms with E-state index in [1.54, 1.807) is 0 Å². The second kappa shape index (κ2) is 6.60. The van der Waals surface area contributed by atoms with E-state index in [1.807, 2.05) is 16.9 Å². The summed E-state index contributed by atoms with van der Waals surface area (Å²) in [5.74, 6) is 1.16. The van der Waals surface area contributed by atoms with Crippen molar-refractivity contribution in [3.63, 3.8) is 0 Å². The lowest BCUT2D eigenvalue weighted by molar-refractivity contribution is 0.582. The summed E-state index contributed by atoms with van der Waals surface area (Å²) in [6.07, 6.45) is 6.10. The number of hydrogen-bond acceptors (Lipinski definition) is 1. The van der Waals surface area contributed by atoms with Crippen molar-refractivity contribution >= 4 is 11.6 Å². The van der Waals surface area contributed by atoms with E-state index in [-0.39, 0.29) is 0 Å². The number of alkyl halides is 1. The molecule has 2 aromatic rings. The molecule has 0 spiro atoms. The lowest BCUT2D eigenvalue weighted by Gasteiger charge is -2.12. The van der Waals surface area contributed by atoms with E-state index in [1.165, 1.54) is 11.1 Å². The van der Waals surface area contributed by atoms with E-state index in [4.69, 9.17) is 11.6 Å². The number of hydrogen-bond donors (Lipinski definition) is 0. The van der Waals surface area contributed by atoms with Gasteiger partial charge >= 0.3 is 0 Å². The Balaban J connectivity index is 1.97. The van der Waals surface area contributed by atoms with Gasteiger partial charge in [0, 0.05) is 18.6 Å². The van der Waals surface area contributed by atoms with Crippen molar-refractivity contribution < 1.29 is 0 Å². The van der Waals surface area contributed by atoms with Gasteiger partial charge in [-0.25, -0.2) is 0 Å². The Hall–Kier alpha value is -1.28. The molecule has 96 valence electrons. The molecular weight excluding hydrogens is 244 g/mol. The number of aryl methyl sites for hydroxylation is 1. The first kappa shape index (κ1) is 13.2. The second-order valence-electron chi connectivity index (χ2n) is 4.62. The fraction of sp³-hybridized carbons (Fsp3) is 0.400. The predicted molar refractivity (Wildman–Crippen MR) is 76.0 cm³/mol. The van der Waals surface area contributed by atoms with Gasteiger partial charge in [-0.1, -0.05) is 30.3 Å². The van der Waals surface area contributed by atoms with Crippen molar-refractivity contribution in [3.05, 3.63) is 53.9 Å². The van der Waals surface area contributed by atoms with Crippen molar-refractivity contribution in [2.75, 3.05) is 5.88 Å². The van der Waals surface area contributed by atoms with Crippen LogP contribution in [-0.4, -0.2) is 15.7 Å². The van der Waals surface area contributed by atoms with Crippen molar-refractivity contribution in [2.45, 2.75) is 26.3 Å². The first-order valence-electron chi connectivity index (χ1n) is 6.43. The Morgan fingerprint density at radius 2 is 1.89 bits per heavy atom. The van der Waals surface area contributed by atoms with Crippen LogP contribution in [0.3, 0.4) is 0 Å². The molecule has 1 aromatic carbocycles. The molecule has 2 nitrogen and oxygen atoms in total. The van der Waals surface area contributed by atoms with Crippen LogP contribution in [0.5, 0.6) is 0 Å². The van der Waals surface area contributed by atoms with Crippen LogP contribution >= 0.6 is 11.6 Å². The van der Waals surface area contributed by atoms with Crippen LogP contribution in [-0.2, 0) is 19.4 Å². The molecule has 1 heterocycles. The van der Waals surface area contributed by atoms with Crippen LogP contribution in [0, 0.1) is 5.92 Å². The number of nitrogens with zero attached hydrogens (tertiary/aromatic N) is 2. The maximum Gasteiger partial charge on any atom is 0.0521 e. The van der Waals surface area contributed by atoms with Crippen molar-refractivity contribution in [2.24, 2.45) is 5.92 Å². The maximum atomic E-state index is 6.08. The Labute approximate surface area is 114 Å². The van der Waals surface area contributed by atoms with Crippen LogP contribution in [0.25, 0.3) is 0 Å². The zero-order valence-electron chi connectivity index (χ0n) is 10.7. The summed E-state index contributed by atoms with van der Waals surface area (Å²) in [5.41, 5.74) is 2.63. The summed E-state index contributed by atoms with van der Waals surface area (Å²) in [7, 11) is 0. The zero-order valence-corrected chi connectivity index (χ0v) is 11.5. The van der Waals surface area contributed by atoms with Gasteiger partial charge in [-0.2, -0.15) is 5.10 Å². The van der Waals surface area contributed by atoms with E-state index in [0.717, 1.165) is 19.4 Å². The molecule has 1 atom stereocenters. The van der Waals surface area contributed by atoms with Crippen molar-refractivity contribution in [1.29, 1.82) is 0 Å². The quantitative estimate of drug-likeness (QED) is 0.728. The first-order chi connectivity index (χ1) is 8.81. The molecule has 18 heavy (non-hydrogen) atoms. The molecule has 0 fully saturated rings. The molecule has 0 radical (unpaired) electrons. The minimum atomic E-state index is 0.476. The third-order valence-electron chi connectivity index (χ3n) is 3.12. The van der Waals surface area contributed by atoms with Crippen molar-refractivity contribution in [3.8, 4) is 0 Å². The van der Waals surface area contributed by atoms with Gasteiger partial charge in [0.05, 0.1) is 6.20 Å². The van der Waals surface area contributed by atoms with Crippen LogP contribution in [0.2, 0.25) is 0 Å². The molecule has 0 aliphatic carbocycles. The molecule has 0 bridgehead atoms. The summed E-state index contributed by atoms with van der Waals surface area (Å²) >= 11 is 6.08. The van der Waals surface area contributed by atoms with E-state index >= 15 is 0 Å². The monoisotopic (exact) mass is 262 g/mol. The molecular formula is C15H19ClN2. The van der Waals surface area contributed by atoms with Gasteiger partial charge in [0.25, 0.3) is 0 Å². The normalized spacial score (nSPS) is 12.6. The molecule has 0 saturated heterocycles. The van der Waals surface area contributed by atoms with E-state index in [2.05, 4.69) is 42.5 Å². The molecule has 1 unspecified atom stereocenters. The fourth-order valence-corrected chi connectivity index (χ4v) is 2.36. The SMILES string of the molecule is CCn1cc(CC(CCl)Cc2ccccc2)cn1. The summed E-state index contributed by atoms with van der Waals surface area (Å²) in [6, 6.07) is 10.5. The summed E-state index contributed by atoms with van der Waals surface area (Å²) in [4.78, 5) is 0. The summed E-state index contributed by atoms with van der Waals surface area (Å²) in [5, 5.41) is 4.30. The highest BCUT2D eigenvalue weighted by molar-refractivity contribution is 6.18. The second-order valence-corrected chi connectivity index (χ2v) is 4.93. The molecule has 0 aliphatic rings. The Kier molecular flexibility index (Phi) is 4.82. The molecule has 1 aromatic heterocycles. The van der Waals surface area contributed by atoms with E-state index in [0.29, 0.717) is 11.8 Å². The Morgan fingerprint density at radius 3 is 2.50 bits per heavy atom. The molecule has 0 aliphatic heterocycles. The lowest BCUT2D eigenvalue weighted by atomic mass is 9.95. The number of benzene rings is 1. The average molecular weight is 263 g/mol. The van der Waals surface area contributed by atoms with Gasteiger partial charge in [-0.3, -0.25) is 4.68 Å². The molecule has 2 rings (SSSR count). The highest BCUT2D eigenvalue weighted by Gasteiger charge is 2.10. The van der Waals surface area contributed by atoms with Gasteiger partial charge < -0.3 is 0 Å². The van der Waals surface area contributed by atoms with E-state index in [9.17, 15) is 0 Å². The molecule has 0 N–H and O–H groups in total. The smallest absolute Gasteiger partial charge is 0.0521 e. The Morgan fingerprint density at radius 1 is 1.17 bits per heavy atom. The number of rotatable bonds is 6. The number of halogens is 1. The summed E-state index contributed by atoms with van der Waals surface area (Å²) < 4.78 is 1.96. The Bertz CT molecular complexity index is 464. The van der Waals surface area contributed by atoms with E-state index < -0.39 is 0 Å².